The molecule has 0 spiro atoms. The van der Waals surface area contributed by atoms with Crippen LogP contribution < -0.4 is 0 Å². The maximum absolute atomic E-state index is 11.9. The molecule has 7 nitrogen and oxygen atoms in total. The van der Waals surface area contributed by atoms with Gasteiger partial charge in [-0.15, -0.1) is 0 Å². The SMILES string of the molecule is CCC=O.CCCCCCCCCCCCCCN(CC)CCCOC(=O)CCCCCCCCC.CN(C)CCN(C)C=O. The van der Waals surface area contributed by atoms with E-state index < -0.39 is 0 Å². The molecule has 270 valence electrons. The number of esters is 1. The van der Waals surface area contributed by atoms with Gasteiger partial charge in [0.15, 0.2) is 0 Å². The highest BCUT2D eigenvalue weighted by Crippen LogP contribution is 2.12. The largest absolute Gasteiger partial charge is 0.466 e. The Morgan fingerprint density at radius 1 is 0.556 bits per heavy atom. The standard InChI is InChI=1S/C29H59NO2.C6H14N2O.C3H6O/c1-4-7-9-11-13-14-15-16-17-19-21-23-26-30(6-3)27-24-28-32-29(31)25-22-20-18-12-10-8-5-2;1-7(2)4-5-8(3)6-9;1-2-3-4/h4-28H2,1-3H3;6H,4-5H2,1-3H3;3H,2H2,1H3. The third-order valence-electron chi connectivity index (χ3n) is 7.89. The van der Waals surface area contributed by atoms with Crippen LogP contribution in [0.5, 0.6) is 0 Å². The number of likely N-dealkylation sites (N-methyl/N-ethyl adjacent to an activating group) is 2. The van der Waals surface area contributed by atoms with Gasteiger partial charge in [-0.1, -0.05) is 137 Å². The van der Waals surface area contributed by atoms with Gasteiger partial charge in [-0.3, -0.25) is 9.59 Å². The molecule has 7 heteroatoms. The zero-order chi connectivity index (χ0) is 34.2. The molecule has 0 saturated heterocycles. The molecule has 0 aromatic carbocycles. The van der Waals surface area contributed by atoms with Crippen molar-refractivity contribution in [3.05, 3.63) is 0 Å². The van der Waals surface area contributed by atoms with Crippen LogP contribution in [0.25, 0.3) is 0 Å². The number of carbonyl (C=O) groups is 3. The molecule has 0 radical (unpaired) electrons. The smallest absolute Gasteiger partial charge is 0.305 e. The molecule has 0 unspecified atom stereocenters. The van der Waals surface area contributed by atoms with E-state index >= 15 is 0 Å². The van der Waals surface area contributed by atoms with Crippen LogP contribution in [0.2, 0.25) is 0 Å². The average molecular weight is 642 g/mol. The first-order valence-corrected chi connectivity index (χ1v) is 18.9. The quantitative estimate of drug-likeness (QED) is 0.0427. The maximum atomic E-state index is 11.9. The summed E-state index contributed by atoms with van der Waals surface area (Å²) < 4.78 is 5.43. The van der Waals surface area contributed by atoms with Gasteiger partial charge in [0.1, 0.15) is 6.29 Å². The Morgan fingerprint density at radius 3 is 1.38 bits per heavy atom. The van der Waals surface area contributed by atoms with E-state index in [9.17, 15) is 14.4 Å². The molecule has 0 bridgehead atoms. The van der Waals surface area contributed by atoms with E-state index in [4.69, 9.17) is 4.74 Å². The molecule has 45 heavy (non-hydrogen) atoms. The van der Waals surface area contributed by atoms with Crippen LogP contribution >= 0.6 is 0 Å². The van der Waals surface area contributed by atoms with Crippen molar-refractivity contribution in [3.8, 4) is 0 Å². The maximum Gasteiger partial charge on any atom is 0.305 e. The summed E-state index contributed by atoms with van der Waals surface area (Å²) in [4.78, 5) is 37.2. The molecule has 0 aromatic rings. The second-order valence-electron chi connectivity index (χ2n) is 12.7. The number of amides is 1. The second kappa shape index (κ2) is 42.5. The van der Waals surface area contributed by atoms with Crippen molar-refractivity contribution < 1.29 is 19.1 Å². The summed E-state index contributed by atoms with van der Waals surface area (Å²) in [7, 11) is 5.74. The van der Waals surface area contributed by atoms with Gasteiger partial charge in [0.25, 0.3) is 0 Å². The molecular weight excluding hydrogens is 562 g/mol. The third-order valence-corrected chi connectivity index (χ3v) is 7.89. The molecule has 0 atom stereocenters. The van der Waals surface area contributed by atoms with Crippen LogP contribution in [0.1, 0.15) is 169 Å². The summed E-state index contributed by atoms with van der Waals surface area (Å²) in [5.74, 6) is 0.00238. The van der Waals surface area contributed by atoms with Crippen molar-refractivity contribution in [1.29, 1.82) is 0 Å². The van der Waals surface area contributed by atoms with E-state index in [0.717, 1.165) is 51.7 Å². The Bertz CT molecular complexity index is 589. The number of nitrogens with zero attached hydrogens (tertiary/aromatic N) is 3. The minimum Gasteiger partial charge on any atom is -0.466 e. The van der Waals surface area contributed by atoms with Crippen molar-refractivity contribution in [1.82, 2.24) is 14.7 Å². The molecule has 1 amide bonds. The van der Waals surface area contributed by atoms with Gasteiger partial charge in [-0.25, -0.2) is 0 Å². The lowest BCUT2D eigenvalue weighted by molar-refractivity contribution is -0.144. The van der Waals surface area contributed by atoms with Crippen LogP contribution in [-0.2, 0) is 19.1 Å². The van der Waals surface area contributed by atoms with Gasteiger partial charge in [0.2, 0.25) is 6.41 Å². The van der Waals surface area contributed by atoms with Crippen LogP contribution in [0, 0.1) is 0 Å². The number of ether oxygens (including phenoxy) is 1. The van der Waals surface area contributed by atoms with Crippen molar-refractivity contribution in [2.75, 3.05) is 60.5 Å². The minimum atomic E-state index is 0.00238. The molecule has 0 N–H and O–H groups in total. The number of unbranched alkanes of at least 4 members (excludes halogenated alkanes) is 17. The monoisotopic (exact) mass is 642 g/mol. The molecule has 0 aliphatic rings. The lowest BCUT2D eigenvalue weighted by Crippen LogP contribution is -2.27. The Morgan fingerprint density at radius 2 is 0.978 bits per heavy atom. The van der Waals surface area contributed by atoms with Gasteiger partial charge in [-0.05, 0) is 46.4 Å². The van der Waals surface area contributed by atoms with Crippen molar-refractivity contribution >= 4 is 18.7 Å². The minimum absolute atomic E-state index is 0.00238. The Hall–Kier alpha value is -1.47. The molecule has 0 saturated carbocycles. The van der Waals surface area contributed by atoms with Gasteiger partial charge >= 0.3 is 5.97 Å². The van der Waals surface area contributed by atoms with Gasteiger partial charge in [0.05, 0.1) is 6.61 Å². The van der Waals surface area contributed by atoms with Crippen molar-refractivity contribution in [2.24, 2.45) is 0 Å². The van der Waals surface area contributed by atoms with E-state index in [-0.39, 0.29) is 5.97 Å². The average Bonchev–Trinajstić information content (AvgIpc) is 3.04. The number of rotatable bonds is 31. The fourth-order valence-electron chi connectivity index (χ4n) is 4.79. The van der Waals surface area contributed by atoms with Crippen LogP contribution in [0.4, 0.5) is 0 Å². The Balaban J connectivity index is -0.00000113. The fraction of sp³-hybridized carbons (Fsp3) is 0.921. The first-order valence-electron chi connectivity index (χ1n) is 18.9. The number of carbonyl (C=O) groups excluding carboxylic acids is 3. The van der Waals surface area contributed by atoms with Crippen molar-refractivity contribution in [2.45, 2.75) is 169 Å². The molecule has 0 fully saturated rings. The van der Waals surface area contributed by atoms with Gasteiger partial charge in [-0.2, -0.15) is 0 Å². The fourth-order valence-corrected chi connectivity index (χ4v) is 4.79. The Kier molecular flexibility index (Phi) is 45.3. The van der Waals surface area contributed by atoms with E-state index in [2.05, 4.69) is 25.7 Å². The lowest BCUT2D eigenvalue weighted by Gasteiger charge is -2.20. The van der Waals surface area contributed by atoms with Gasteiger partial charge < -0.3 is 24.2 Å². The lowest BCUT2D eigenvalue weighted by atomic mass is 10.1. The zero-order valence-electron chi connectivity index (χ0n) is 31.4. The van der Waals surface area contributed by atoms with Crippen LogP contribution in [0.15, 0.2) is 0 Å². The highest BCUT2D eigenvalue weighted by Gasteiger charge is 2.05. The summed E-state index contributed by atoms with van der Waals surface area (Å²) in [6.07, 6.45) is 29.5. The van der Waals surface area contributed by atoms with E-state index in [1.165, 1.54) is 122 Å². The number of hydrogen-bond acceptors (Lipinski definition) is 6. The topological polar surface area (TPSA) is 70.2 Å². The van der Waals surface area contributed by atoms with Crippen LogP contribution in [-0.4, -0.2) is 93.8 Å². The zero-order valence-corrected chi connectivity index (χ0v) is 31.4. The highest BCUT2D eigenvalue weighted by molar-refractivity contribution is 5.69. The normalized spacial score (nSPS) is 10.6. The predicted molar refractivity (Wildman–Crippen MR) is 195 cm³/mol. The summed E-state index contributed by atoms with van der Waals surface area (Å²) in [6, 6.07) is 0. The predicted octanol–water partition coefficient (Wildman–Crippen LogP) is 9.31. The Labute approximate surface area is 281 Å². The molecule has 0 aliphatic carbocycles. The van der Waals surface area contributed by atoms with Crippen LogP contribution in [0.3, 0.4) is 0 Å². The number of hydrogen-bond donors (Lipinski definition) is 0. The number of aldehydes is 1. The third kappa shape index (κ3) is 47.1. The van der Waals surface area contributed by atoms with E-state index in [1.54, 1.807) is 11.9 Å². The summed E-state index contributed by atoms with van der Waals surface area (Å²) in [5, 5.41) is 0. The molecule has 0 heterocycles. The molecule has 0 rings (SSSR count). The molecule has 0 aliphatic heterocycles. The molecule has 0 aromatic heterocycles. The van der Waals surface area contributed by atoms with Gasteiger partial charge in [0, 0.05) is 39.5 Å². The second-order valence-corrected chi connectivity index (χ2v) is 12.7. The van der Waals surface area contributed by atoms with Crippen molar-refractivity contribution in [3.63, 3.8) is 0 Å². The molecular formula is C38H79N3O4. The summed E-state index contributed by atoms with van der Waals surface area (Å²) >= 11 is 0. The first kappa shape index (κ1) is 47.9. The first-order chi connectivity index (χ1) is 21.8. The summed E-state index contributed by atoms with van der Waals surface area (Å²) in [6.45, 7) is 14.3. The van der Waals surface area contributed by atoms with E-state index in [1.807, 2.05) is 25.9 Å². The van der Waals surface area contributed by atoms with E-state index in [0.29, 0.717) is 19.4 Å². The summed E-state index contributed by atoms with van der Waals surface area (Å²) in [5.41, 5.74) is 0. The highest BCUT2D eigenvalue weighted by atomic mass is 16.5.